The maximum Gasteiger partial charge on any atom is 0.343 e. The Morgan fingerprint density at radius 1 is 1.31 bits per heavy atom. The first-order valence-corrected chi connectivity index (χ1v) is 9.18. The highest BCUT2D eigenvalue weighted by atomic mass is 16.7. The standard InChI is InChI=1S/C19H20N4O6/c1-3-27-19(26)13-8-20-22(2)17(13)21-18(25)11-6-16(24)23(9-11)12-4-5-14-15(7-12)29-10-28-14/h4-5,7-8,11H,3,6,9-10H2,1-2H3,(H,21,25). The highest BCUT2D eigenvalue weighted by Gasteiger charge is 2.36. The minimum Gasteiger partial charge on any atom is -0.462 e. The molecule has 0 radical (unpaired) electrons. The van der Waals surface area contributed by atoms with Crippen LogP contribution in [0.3, 0.4) is 0 Å². The van der Waals surface area contributed by atoms with Crippen molar-refractivity contribution in [3.8, 4) is 11.5 Å². The van der Waals surface area contributed by atoms with E-state index in [1.807, 2.05) is 0 Å². The summed E-state index contributed by atoms with van der Waals surface area (Å²) in [7, 11) is 1.61. The number of nitrogens with zero attached hydrogens (tertiary/aromatic N) is 3. The molecule has 0 bridgehead atoms. The maximum absolute atomic E-state index is 12.8. The second kappa shape index (κ2) is 7.46. The number of carbonyl (C=O) groups is 3. The average Bonchev–Trinajstić information content (AvgIpc) is 3.40. The summed E-state index contributed by atoms with van der Waals surface area (Å²) >= 11 is 0. The van der Waals surface area contributed by atoms with Crippen LogP contribution in [0, 0.1) is 5.92 Å². The van der Waals surface area contributed by atoms with E-state index in [4.69, 9.17) is 14.2 Å². The molecule has 152 valence electrons. The predicted molar refractivity (Wildman–Crippen MR) is 101 cm³/mol. The molecule has 1 unspecified atom stereocenters. The molecule has 2 amide bonds. The molecule has 1 fully saturated rings. The van der Waals surface area contributed by atoms with E-state index in [1.54, 1.807) is 37.1 Å². The Kier molecular flexibility index (Phi) is 4.83. The number of nitrogens with one attached hydrogen (secondary N) is 1. The van der Waals surface area contributed by atoms with Crippen LogP contribution in [0.1, 0.15) is 23.7 Å². The van der Waals surface area contributed by atoms with Gasteiger partial charge in [0.15, 0.2) is 11.5 Å². The van der Waals surface area contributed by atoms with Gasteiger partial charge < -0.3 is 24.4 Å². The summed E-state index contributed by atoms with van der Waals surface area (Å²) in [5.74, 6) is -0.245. The highest BCUT2D eigenvalue weighted by Crippen LogP contribution is 2.37. The van der Waals surface area contributed by atoms with Crippen molar-refractivity contribution in [2.75, 3.05) is 30.2 Å². The second-order valence-electron chi connectivity index (χ2n) is 6.68. The lowest BCUT2D eigenvalue weighted by atomic mass is 10.1. The number of carbonyl (C=O) groups excluding carboxylic acids is 3. The van der Waals surface area contributed by atoms with Crippen LogP contribution in [0.4, 0.5) is 11.5 Å². The summed E-state index contributed by atoms with van der Waals surface area (Å²) in [5.41, 5.74) is 0.807. The van der Waals surface area contributed by atoms with E-state index in [-0.39, 0.29) is 49.6 Å². The van der Waals surface area contributed by atoms with E-state index in [1.165, 1.54) is 10.9 Å². The van der Waals surface area contributed by atoms with Crippen LogP contribution in [-0.4, -0.2) is 47.5 Å². The Morgan fingerprint density at radius 2 is 2.10 bits per heavy atom. The van der Waals surface area contributed by atoms with Crippen LogP contribution in [0.15, 0.2) is 24.4 Å². The van der Waals surface area contributed by atoms with Crippen LogP contribution in [-0.2, 0) is 21.4 Å². The SMILES string of the molecule is CCOC(=O)c1cnn(C)c1NC(=O)C1CC(=O)N(c2ccc3c(c2)OCO3)C1. The lowest BCUT2D eigenvalue weighted by Gasteiger charge is -2.17. The molecule has 4 rings (SSSR count). The third-order valence-electron chi connectivity index (χ3n) is 4.84. The molecule has 1 N–H and O–H groups in total. The fraction of sp³-hybridized carbons (Fsp3) is 0.368. The smallest absolute Gasteiger partial charge is 0.343 e. The molecule has 0 spiro atoms. The molecule has 2 aromatic rings. The minimum absolute atomic E-state index is 0.0624. The van der Waals surface area contributed by atoms with Gasteiger partial charge in [-0.15, -0.1) is 0 Å². The maximum atomic E-state index is 12.8. The van der Waals surface area contributed by atoms with Crippen molar-refractivity contribution in [2.24, 2.45) is 13.0 Å². The van der Waals surface area contributed by atoms with Crippen LogP contribution >= 0.6 is 0 Å². The van der Waals surface area contributed by atoms with Gasteiger partial charge in [-0.05, 0) is 19.1 Å². The lowest BCUT2D eigenvalue weighted by Crippen LogP contribution is -2.29. The van der Waals surface area contributed by atoms with Gasteiger partial charge in [0, 0.05) is 31.8 Å². The molecule has 10 nitrogen and oxygen atoms in total. The van der Waals surface area contributed by atoms with Crippen LogP contribution in [0.25, 0.3) is 0 Å². The zero-order valence-electron chi connectivity index (χ0n) is 16.0. The first kappa shape index (κ1) is 18.8. The van der Waals surface area contributed by atoms with Crippen molar-refractivity contribution in [3.05, 3.63) is 30.0 Å². The monoisotopic (exact) mass is 400 g/mol. The molecule has 3 heterocycles. The summed E-state index contributed by atoms with van der Waals surface area (Å²) < 4.78 is 17.0. The summed E-state index contributed by atoms with van der Waals surface area (Å²) in [4.78, 5) is 38.9. The van der Waals surface area contributed by atoms with Crippen molar-refractivity contribution in [3.63, 3.8) is 0 Å². The van der Waals surface area contributed by atoms with Gasteiger partial charge in [0.1, 0.15) is 11.4 Å². The molecular formula is C19H20N4O6. The van der Waals surface area contributed by atoms with Gasteiger partial charge >= 0.3 is 5.97 Å². The first-order valence-electron chi connectivity index (χ1n) is 9.18. The number of esters is 1. The third kappa shape index (κ3) is 3.48. The number of fused-ring (bicyclic) bond motifs is 1. The van der Waals surface area contributed by atoms with Gasteiger partial charge in [0.2, 0.25) is 18.6 Å². The van der Waals surface area contributed by atoms with Crippen molar-refractivity contribution < 1.29 is 28.6 Å². The lowest BCUT2D eigenvalue weighted by molar-refractivity contribution is -0.122. The van der Waals surface area contributed by atoms with E-state index in [0.717, 1.165) is 0 Å². The number of amides is 2. The number of hydrogen-bond donors (Lipinski definition) is 1. The number of hydrogen-bond acceptors (Lipinski definition) is 7. The molecule has 0 saturated carbocycles. The number of anilines is 2. The number of aryl methyl sites for hydroxylation is 1. The summed E-state index contributed by atoms with van der Waals surface area (Å²) in [6.07, 6.45) is 1.40. The van der Waals surface area contributed by atoms with E-state index in [9.17, 15) is 14.4 Å². The Morgan fingerprint density at radius 3 is 2.90 bits per heavy atom. The molecule has 10 heteroatoms. The third-order valence-corrected chi connectivity index (χ3v) is 4.84. The van der Waals surface area contributed by atoms with Gasteiger partial charge in [0.05, 0.1) is 18.7 Å². The minimum atomic E-state index is -0.571. The molecule has 1 aromatic carbocycles. The molecule has 2 aliphatic heterocycles. The average molecular weight is 400 g/mol. The summed E-state index contributed by atoms with van der Waals surface area (Å²) in [6.45, 7) is 2.27. The topological polar surface area (TPSA) is 112 Å². The van der Waals surface area contributed by atoms with E-state index in [2.05, 4.69) is 10.4 Å². The number of rotatable bonds is 5. The summed E-state index contributed by atoms with van der Waals surface area (Å²) in [5, 5.41) is 6.72. The Bertz CT molecular complexity index is 985. The fourth-order valence-electron chi connectivity index (χ4n) is 3.35. The molecular weight excluding hydrogens is 380 g/mol. The number of ether oxygens (including phenoxy) is 3. The van der Waals surface area contributed by atoms with Gasteiger partial charge in [0.25, 0.3) is 0 Å². The van der Waals surface area contributed by atoms with Crippen molar-refractivity contribution in [2.45, 2.75) is 13.3 Å². The van der Waals surface area contributed by atoms with Gasteiger partial charge in [-0.25, -0.2) is 4.79 Å². The first-order chi connectivity index (χ1) is 14.0. The zero-order chi connectivity index (χ0) is 20.5. The Hall–Kier alpha value is -3.56. The van der Waals surface area contributed by atoms with E-state index in [0.29, 0.717) is 17.2 Å². The van der Waals surface area contributed by atoms with Crippen molar-refractivity contribution in [1.29, 1.82) is 0 Å². The van der Waals surface area contributed by atoms with Gasteiger partial charge in [-0.2, -0.15) is 5.10 Å². The van der Waals surface area contributed by atoms with Gasteiger partial charge in [-0.3, -0.25) is 14.3 Å². The summed E-state index contributed by atoms with van der Waals surface area (Å²) in [6, 6.07) is 5.21. The van der Waals surface area contributed by atoms with Crippen LogP contribution in [0.5, 0.6) is 11.5 Å². The van der Waals surface area contributed by atoms with E-state index < -0.39 is 11.9 Å². The Balaban J connectivity index is 1.48. The van der Waals surface area contributed by atoms with Crippen molar-refractivity contribution in [1.82, 2.24) is 9.78 Å². The molecule has 29 heavy (non-hydrogen) atoms. The number of aromatic nitrogens is 2. The quantitative estimate of drug-likeness (QED) is 0.753. The molecule has 2 aliphatic rings. The zero-order valence-corrected chi connectivity index (χ0v) is 16.0. The van der Waals surface area contributed by atoms with Crippen molar-refractivity contribution >= 4 is 29.3 Å². The Labute approximate surface area is 166 Å². The fourth-order valence-corrected chi connectivity index (χ4v) is 3.35. The highest BCUT2D eigenvalue weighted by molar-refractivity contribution is 6.05. The molecule has 0 aliphatic carbocycles. The molecule has 1 aromatic heterocycles. The van der Waals surface area contributed by atoms with Gasteiger partial charge in [-0.1, -0.05) is 0 Å². The van der Waals surface area contributed by atoms with Crippen LogP contribution < -0.4 is 19.7 Å². The largest absolute Gasteiger partial charge is 0.462 e. The molecule has 1 atom stereocenters. The second-order valence-corrected chi connectivity index (χ2v) is 6.68. The molecule has 1 saturated heterocycles. The van der Waals surface area contributed by atoms with E-state index >= 15 is 0 Å². The number of benzene rings is 1. The van der Waals surface area contributed by atoms with Crippen LogP contribution in [0.2, 0.25) is 0 Å². The predicted octanol–water partition coefficient (Wildman–Crippen LogP) is 1.32. The normalized spacial score (nSPS) is 17.5.